The van der Waals surface area contributed by atoms with Crippen molar-refractivity contribution in [2.75, 3.05) is 18.4 Å². The number of amides is 2. The van der Waals surface area contributed by atoms with E-state index in [1.165, 1.54) is 6.07 Å². The zero-order valence-electron chi connectivity index (χ0n) is 11.0. The van der Waals surface area contributed by atoms with Crippen molar-refractivity contribution in [3.8, 4) is 0 Å². The summed E-state index contributed by atoms with van der Waals surface area (Å²) in [5.41, 5.74) is -0.418. The van der Waals surface area contributed by atoms with Crippen LogP contribution in [0.5, 0.6) is 0 Å². The van der Waals surface area contributed by atoms with E-state index in [0.717, 1.165) is 37.8 Å². The molecule has 1 aliphatic rings. The van der Waals surface area contributed by atoms with Crippen LogP contribution in [-0.2, 0) is 0 Å². The predicted molar refractivity (Wildman–Crippen MR) is 72.1 cm³/mol. The van der Waals surface area contributed by atoms with Crippen LogP contribution in [0.4, 0.5) is 20.6 Å². The zero-order valence-corrected chi connectivity index (χ0v) is 11.0. The molecule has 0 radical (unpaired) electrons. The molecule has 0 bridgehead atoms. The molecule has 2 rings (SSSR count). The molecule has 1 saturated heterocycles. The normalized spacial score (nSPS) is 15.6. The number of anilines is 1. The number of nitrogens with zero attached hydrogens (tertiary/aromatic N) is 2. The van der Waals surface area contributed by atoms with Gasteiger partial charge in [0.1, 0.15) is 11.5 Å². The molecule has 1 heterocycles. The van der Waals surface area contributed by atoms with Crippen LogP contribution in [0.2, 0.25) is 0 Å². The summed E-state index contributed by atoms with van der Waals surface area (Å²) >= 11 is 0. The number of hydrogen-bond donors (Lipinski definition) is 1. The molecule has 6 nitrogen and oxygen atoms in total. The molecule has 2 amide bonds. The van der Waals surface area contributed by atoms with Crippen LogP contribution in [-0.4, -0.2) is 28.9 Å². The van der Waals surface area contributed by atoms with Gasteiger partial charge in [-0.2, -0.15) is 0 Å². The van der Waals surface area contributed by atoms with Crippen LogP contribution >= 0.6 is 0 Å². The molecule has 1 aromatic rings. The summed E-state index contributed by atoms with van der Waals surface area (Å²) in [6, 6.07) is 2.73. The van der Waals surface area contributed by atoms with Gasteiger partial charge in [0.2, 0.25) is 0 Å². The van der Waals surface area contributed by atoms with Crippen LogP contribution < -0.4 is 5.32 Å². The van der Waals surface area contributed by atoms with Crippen molar-refractivity contribution in [2.24, 2.45) is 0 Å². The molecule has 0 atom stereocenters. The highest BCUT2D eigenvalue weighted by Gasteiger charge is 2.20. The number of rotatable bonds is 2. The number of carbonyl (C=O) groups excluding carboxylic acids is 1. The van der Waals surface area contributed by atoms with Gasteiger partial charge in [0, 0.05) is 13.1 Å². The Kier molecular flexibility index (Phi) is 4.49. The van der Waals surface area contributed by atoms with E-state index >= 15 is 0 Å². The first-order chi connectivity index (χ1) is 9.58. The van der Waals surface area contributed by atoms with E-state index in [2.05, 4.69) is 5.32 Å². The molecular formula is C13H16FN3O3. The first-order valence-corrected chi connectivity index (χ1v) is 6.58. The molecular weight excluding hydrogens is 265 g/mol. The maximum absolute atomic E-state index is 13.0. The summed E-state index contributed by atoms with van der Waals surface area (Å²) in [5.74, 6) is -0.704. The molecule has 1 aromatic carbocycles. The van der Waals surface area contributed by atoms with E-state index in [9.17, 15) is 19.3 Å². The minimum Gasteiger partial charge on any atom is -0.325 e. The third-order valence-electron chi connectivity index (χ3n) is 3.29. The molecule has 0 aliphatic carbocycles. The number of nitrogens with one attached hydrogen (secondary N) is 1. The molecule has 0 unspecified atom stereocenters. The largest absolute Gasteiger partial charge is 0.325 e. The predicted octanol–water partition coefficient (Wildman–Crippen LogP) is 3.14. The van der Waals surface area contributed by atoms with Crippen molar-refractivity contribution in [2.45, 2.75) is 25.7 Å². The highest BCUT2D eigenvalue weighted by molar-refractivity contribution is 5.91. The average Bonchev–Trinajstić information content (AvgIpc) is 2.69. The third kappa shape index (κ3) is 3.43. The van der Waals surface area contributed by atoms with E-state index in [1.807, 2.05) is 0 Å². The van der Waals surface area contributed by atoms with Gasteiger partial charge in [0.05, 0.1) is 11.0 Å². The Morgan fingerprint density at radius 2 is 1.90 bits per heavy atom. The smallest absolute Gasteiger partial charge is 0.322 e. The summed E-state index contributed by atoms with van der Waals surface area (Å²) in [6.07, 6.45) is 4.03. The molecule has 1 N–H and O–H groups in total. The summed E-state index contributed by atoms with van der Waals surface area (Å²) in [5, 5.41) is 13.4. The minimum absolute atomic E-state index is 0.0191. The van der Waals surface area contributed by atoms with Crippen molar-refractivity contribution in [3.05, 3.63) is 34.1 Å². The second kappa shape index (κ2) is 6.31. The monoisotopic (exact) mass is 281 g/mol. The van der Waals surface area contributed by atoms with Gasteiger partial charge in [0.25, 0.3) is 5.69 Å². The summed E-state index contributed by atoms with van der Waals surface area (Å²) in [4.78, 5) is 23.9. The third-order valence-corrected chi connectivity index (χ3v) is 3.29. The van der Waals surface area contributed by atoms with Crippen molar-refractivity contribution < 1.29 is 14.1 Å². The van der Waals surface area contributed by atoms with Gasteiger partial charge in [0.15, 0.2) is 0 Å². The lowest BCUT2D eigenvalue weighted by Crippen LogP contribution is -2.35. The second-order valence-electron chi connectivity index (χ2n) is 4.75. The van der Waals surface area contributed by atoms with Crippen LogP contribution in [0.3, 0.4) is 0 Å². The molecule has 0 saturated carbocycles. The van der Waals surface area contributed by atoms with Crippen LogP contribution in [0.25, 0.3) is 0 Å². The summed E-state index contributed by atoms with van der Waals surface area (Å²) in [7, 11) is 0. The fourth-order valence-corrected chi connectivity index (χ4v) is 2.23. The van der Waals surface area contributed by atoms with Crippen LogP contribution in [0.1, 0.15) is 25.7 Å². The topological polar surface area (TPSA) is 75.5 Å². The first-order valence-electron chi connectivity index (χ1n) is 6.58. The van der Waals surface area contributed by atoms with E-state index in [4.69, 9.17) is 0 Å². The molecule has 20 heavy (non-hydrogen) atoms. The van der Waals surface area contributed by atoms with Gasteiger partial charge in [-0.3, -0.25) is 10.1 Å². The van der Waals surface area contributed by atoms with E-state index in [0.29, 0.717) is 13.1 Å². The quantitative estimate of drug-likeness (QED) is 0.668. The zero-order chi connectivity index (χ0) is 14.5. The van der Waals surface area contributed by atoms with Gasteiger partial charge >= 0.3 is 6.03 Å². The highest BCUT2D eigenvalue weighted by atomic mass is 19.1. The number of benzene rings is 1. The number of halogens is 1. The average molecular weight is 281 g/mol. The Labute approximate surface area is 115 Å². The van der Waals surface area contributed by atoms with E-state index < -0.39 is 16.4 Å². The molecule has 108 valence electrons. The van der Waals surface area contributed by atoms with Crippen molar-refractivity contribution in [1.29, 1.82) is 0 Å². The molecule has 0 spiro atoms. The van der Waals surface area contributed by atoms with E-state index in [-0.39, 0.29) is 11.7 Å². The Morgan fingerprint density at radius 1 is 1.25 bits per heavy atom. The molecule has 0 aromatic heterocycles. The maximum atomic E-state index is 13.0. The van der Waals surface area contributed by atoms with Gasteiger partial charge in [-0.05, 0) is 25.0 Å². The minimum atomic E-state index is -0.707. The Bertz CT molecular complexity index is 514. The van der Waals surface area contributed by atoms with Crippen LogP contribution in [0.15, 0.2) is 18.2 Å². The van der Waals surface area contributed by atoms with Crippen LogP contribution in [0, 0.1) is 15.9 Å². The standard InChI is InChI=1S/C13H16FN3O3/c14-10-5-6-11(12(9-10)17(19)20)15-13(18)16-7-3-1-2-4-8-16/h5-6,9H,1-4,7-8H2,(H,15,18). The fourth-order valence-electron chi connectivity index (χ4n) is 2.23. The van der Waals surface area contributed by atoms with Gasteiger partial charge in [-0.25, -0.2) is 9.18 Å². The molecule has 1 fully saturated rings. The lowest BCUT2D eigenvalue weighted by Gasteiger charge is -2.20. The number of nitro groups is 1. The highest BCUT2D eigenvalue weighted by Crippen LogP contribution is 2.25. The van der Waals surface area contributed by atoms with Gasteiger partial charge < -0.3 is 10.2 Å². The van der Waals surface area contributed by atoms with Crippen molar-refractivity contribution >= 4 is 17.4 Å². The number of likely N-dealkylation sites (tertiary alicyclic amines) is 1. The lowest BCUT2D eigenvalue weighted by molar-refractivity contribution is -0.384. The van der Waals surface area contributed by atoms with Crippen molar-refractivity contribution in [3.63, 3.8) is 0 Å². The van der Waals surface area contributed by atoms with E-state index in [1.54, 1.807) is 4.90 Å². The molecule has 7 heteroatoms. The Hall–Kier alpha value is -2.18. The summed E-state index contributed by atoms with van der Waals surface area (Å²) < 4.78 is 13.0. The first kappa shape index (κ1) is 14.2. The fraction of sp³-hybridized carbons (Fsp3) is 0.462. The van der Waals surface area contributed by atoms with Crippen molar-refractivity contribution in [1.82, 2.24) is 4.90 Å². The number of carbonyl (C=O) groups is 1. The van der Waals surface area contributed by atoms with Gasteiger partial charge in [-0.1, -0.05) is 12.8 Å². The maximum Gasteiger partial charge on any atom is 0.322 e. The number of urea groups is 1. The lowest BCUT2D eigenvalue weighted by atomic mass is 10.2. The Balaban J connectivity index is 2.12. The number of hydrogen-bond acceptors (Lipinski definition) is 3. The molecule has 1 aliphatic heterocycles. The number of nitro benzene ring substituents is 1. The Morgan fingerprint density at radius 3 is 2.50 bits per heavy atom. The summed E-state index contributed by atoms with van der Waals surface area (Å²) in [6.45, 7) is 1.28. The second-order valence-corrected chi connectivity index (χ2v) is 4.75. The SMILES string of the molecule is O=C(Nc1ccc(F)cc1[N+](=O)[O-])N1CCCCCC1. The van der Waals surface area contributed by atoms with Gasteiger partial charge in [-0.15, -0.1) is 0 Å².